The van der Waals surface area contributed by atoms with Crippen LogP contribution in [0.3, 0.4) is 0 Å². The molecule has 0 aromatic heterocycles. The molecule has 0 saturated heterocycles. The summed E-state index contributed by atoms with van der Waals surface area (Å²) in [6.07, 6.45) is 2.64. The van der Waals surface area contributed by atoms with Gasteiger partial charge in [0.2, 0.25) is 9.84 Å². The average molecular weight is 392 g/mol. The molecular weight excluding hydrogens is 372 g/mol. The molecule has 0 amide bonds. The number of ether oxygens (including phenoxy) is 2. The van der Waals surface area contributed by atoms with E-state index in [1.54, 1.807) is 38.5 Å². The van der Waals surface area contributed by atoms with Gasteiger partial charge in [-0.25, -0.2) is 8.42 Å². The van der Waals surface area contributed by atoms with Crippen molar-refractivity contribution in [1.82, 2.24) is 0 Å². The standard InChI is InChI=1S/C23H20O4S/c1-26-22-16-10-6-7-11-17(16)23(27-2)21-18-12-14(20(21)22)13-19(18)28(24,25)15-8-4-3-5-9-15/h3-11,13-14,18H,12H2,1-2H3/t14-,18+/m1/s1. The van der Waals surface area contributed by atoms with Crippen LogP contribution in [0.1, 0.15) is 29.4 Å². The van der Waals surface area contributed by atoms with Crippen molar-refractivity contribution in [3.05, 3.63) is 76.7 Å². The largest absolute Gasteiger partial charge is 0.496 e. The van der Waals surface area contributed by atoms with E-state index in [4.69, 9.17) is 9.47 Å². The van der Waals surface area contributed by atoms with Crippen LogP contribution in [0.25, 0.3) is 10.8 Å². The Morgan fingerprint density at radius 2 is 1.39 bits per heavy atom. The second-order valence-electron chi connectivity index (χ2n) is 7.22. The lowest BCUT2D eigenvalue weighted by Gasteiger charge is -2.24. The van der Waals surface area contributed by atoms with Crippen molar-refractivity contribution < 1.29 is 17.9 Å². The van der Waals surface area contributed by atoms with Gasteiger partial charge in [0.15, 0.2) is 0 Å². The first-order chi connectivity index (χ1) is 13.6. The van der Waals surface area contributed by atoms with Crippen molar-refractivity contribution in [1.29, 1.82) is 0 Å². The van der Waals surface area contributed by atoms with Gasteiger partial charge >= 0.3 is 0 Å². The Hall–Kier alpha value is -2.79. The maximum absolute atomic E-state index is 13.3. The zero-order valence-corrected chi connectivity index (χ0v) is 16.5. The minimum Gasteiger partial charge on any atom is -0.496 e. The maximum atomic E-state index is 13.3. The molecule has 0 fully saturated rings. The van der Waals surface area contributed by atoms with Crippen LogP contribution in [-0.2, 0) is 9.84 Å². The summed E-state index contributed by atoms with van der Waals surface area (Å²) in [7, 11) is -0.224. The summed E-state index contributed by atoms with van der Waals surface area (Å²) >= 11 is 0. The molecule has 2 bridgehead atoms. The summed E-state index contributed by atoms with van der Waals surface area (Å²) in [5.74, 6) is 1.39. The lowest BCUT2D eigenvalue weighted by atomic mass is 9.90. The summed E-state index contributed by atoms with van der Waals surface area (Å²) < 4.78 is 38.2. The Kier molecular flexibility index (Phi) is 3.78. The van der Waals surface area contributed by atoms with E-state index < -0.39 is 9.84 Å². The second-order valence-corrected chi connectivity index (χ2v) is 9.17. The molecular formula is C23H20O4S. The topological polar surface area (TPSA) is 52.6 Å². The molecule has 0 radical (unpaired) electrons. The SMILES string of the molecule is COc1c2c(c(OC)c3ccccc13)[C@H]1C[C@@H]2C=C1S(=O)(=O)c1ccccc1. The van der Waals surface area contributed by atoms with Crippen LogP contribution in [0.15, 0.2) is 70.5 Å². The second kappa shape index (κ2) is 6.11. The number of allylic oxidation sites excluding steroid dienone is 2. The molecule has 0 unspecified atom stereocenters. The van der Waals surface area contributed by atoms with Gasteiger partial charge in [0.25, 0.3) is 0 Å². The summed E-state index contributed by atoms with van der Waals surface area (Å²) in [6, 6.07) is 16.6. The average Bonchev–Trinajstić information content (AvgIpc) is 3.32. The molecule has 0 spiro atoms. The van der Waals surface area contributed by atoms with E-state index in [1.807, 2.05) is 36.4 Å². The third-order valence-electron chi connectivity index (χ3n) is 5.89. The molecule has 5 heteroatoms. The fourth-order valence-corrected chi connectivity index (χ4v) is 6.51. The Labute approximate surface area is 164 Å². The number of sulfone groups is 1. The quantitative estimate of drug-likeness (QED) is 0.640. The fourth-order valence-electron chi connectivity index (χ4n) is 4.79. The van der Waals surface area contributed by atoms with Gasteiger partial charge in [0.05, 0.1) is 24.0 Å². The first kappa shape index (κ1) is 17.3. The van der Waals surface area contributed by atoms with Crippen LogP contribution in [0, 0.1) is 0 Å². The Morgan fingerprint density at radius 1 is 0.821 bits per heavy atom. The third kappa shape index (κ3) is 2.20. The van der Waals surface area contributed by atoms with E-state index >= 15 is 0 Å². The molecule has 3 aromatic carbocycles. The molecule has 4 nitrogen and oxygen atoms in total. The highest BCUT2D eigenvalue weighted by Crippen LogP contribution is 2.61. The van der Waals surface area contributed by atoms with Crippen LogP contribution in [-0.4, -0.2) is 22.6 Å². The lowest BCUT2D eigenvalue weighted by molar-refractivity contribution is 0.403. The van der Waals surface area contributed by atoms with E-state index in [2.05, 4.69) is 0 Å². The minimum atomic E-state index is -3.55. The van der Waals surface area contributed by atoms with E-state index in [-0.39, 0.29) is 11.8 Å². The molecule has 0 saturated carbocycles. The van der Waals surface area contributed by atoms with Gasteiger partial charge in [-0.05, 0) is 18.6 Å². The molecule has 0 heterocycles. The van der Waals surface area contributed by atoms with E-state index in [1.165, 1.54) is 0 Å². The number of hydrogen-bond acceptors (Lipinski definition) is 4. The highest BCUT2D eigenvalue weighted by molar-refractivity contribution is 7.95. The molecule has 2 aliphatic carbocycles. The van der Waals surface area contributed by atoms with Gasteiger partial charge in [0, 0.05) is 33.7 Å². The molecule has 0 N–H and O–H groups in total. The highest BCUT2D eigenvalue weighted by Gasteiger charge is 2.47. The molecule has 142 valence electrons. The van der Waals surface area contributed by atoms with Crippen molar-refractivity contribution in [3.8, 4) is 11.5 Å². The summed E-state index contributed by atoms with van der Waals surface area (Å²) in [5.41, 5.74) is 2.02. The normalized spacial score (nSPS) is 20.1. The van der Waals surface area contributed by atoms with E-state index in [9.17, 15) is 8.42 Å². The van der Waals surface area contributed by atoms with E-state index in [0.29, 0.717) is 9.80 Å². The first-order valence-electron chi connectivity index (χ1n) is 9.26. The number of methoxy groups -OCH3 is 2. The number of fused-ring (bicyclic) bond motifs is 6. The molecule has 5 rings (SSSR count). The van der Waals surface area contributed by atoms with Crippen LogP contribution >= 0.6 is 0 Å². The summed E-state index contributed by atoms with van der Waals surface area (Å²) in [5, 5.41) is 1.94. The monoisotopic (exact) mass is 392 g/mol. The van der Waals surface area contributed by atoms with Crippen molar-refractivity contribution in [2.45, 2.75) is 23.2 Å². The minimum absolute atomic E-state index is 0.0157. The zero-order chi connectivity index (χ0) is 19.5. The highest BCUT2D eigenvalue weighted by atomic mass is 32.2. The van der Waals surface area contributed by atoms with Crippen molar-refractivity contribution in [2.24, 2.45) is 0 Å². The predicted molar refractivity (Wildman–Crippen MR) is 109 cm³/mol. The van der Waals surface area contributed by atoms with E-state index in [0.717, 1.165) is 39.8 Å². The molecule has 2 aliphatic rings. The van der Waals surface area contributed by atoms with Crippen LogP contribution in [0.2, 0.25) is 0 Å². The van der Waals surface area contributed by atoms with Gasteiger partial charge in [0.1, 0.15) is 11.5 Å². The van der Waals surface area contributed by atoms with Gasteiger partial charge < -0.3 is 9.47 Å². The number of benzene rings is 3. The summed E-state index contributed by atoms with van der Waals surface area (Å²) in [4.78, 5) is 0.814. The Bertz CT molecular complexity index is 1230. The number of rotatable bonds is 4. The maximum Gasteiger partial charge on any atom is 0.203 e. The van der Waals surface area contributed by atoms with Crippen molar-refractivity contribution in [2.75, 3.05) is 14.2 Å². The van der Waals surface area contributed by atoms with Gasteiger partial charge in [-0.2, -0.15) is 0 Å². The first-order valence-corrected chi connectivity index (χ1v) is 10.7. The third-order valence-corrected chi connectivity index (χ3v) is 7.82. The molecule has 2 atom stereocenters. The van der Waals surface area contributed by atoms with Crippen LogP contribution in [0.4, 0.5) is 0 Å². The molecule has 0 aliphatic heterocycles. The van der Waals surface area contributed by atoms with Crippen LogP contribution in [0.5, 0.6) is 11.5 Å². The van der Waals surface area contributed by atoms with Gasteiger partial charge in [-0.1, -0.05) is 48.5 Å². The van der Waals surface area contributed by atoms with Gasteiger partial charge in [-0.3, -0.25) is 0 Å². The fraction of sp³-hybridized carbons (Fsp3) is 0.217. The Morgan fingerprint density at radius 3 is 2.00 bits per heavy atom. The predicted octanol–water partition coefficient (Wildman–Crippen LogP) is 4.80. The molecule has 28 heavy (non-hydrogen) atoms. The Balaban J connectivity index is 1.76. The van der Waals surface area contributed by atoms with Gasteiger partial charge in [-0.15, -0.1) is 0 Å². The summed E-state index contributed by atoms with van der Waals surface area (Å²) in [6.45, 7) is 0. The van der Waals surface area contributed by atoms with Crippen molar-refractivity contribution in [3.63, 3.8) is 0 Å². The van der Waals surface area contributed by atoms with Crippen LogP contribution < -0.4 is 9.47 Å². The molecule has 3 aromatic rings. The van der Waals surface area contributed by atoms with Crippen molar-refractivity contribution >= 4 is 20.6 Å². The lowest BCUT2D eigenvalue weighted by Crippen LogP contribution is -2.13. The smallest absolute Gasteiger partial charge is 0.203 e. The zero-order valence-electron chi connectivity index (χ0n) is 15.7. The number of hydrogen-bond donors (Lipinski definition) is 0.